The highest BCUT2D eigenvalue weighted by Gasteiger charge is 2.26. The molecule has 0 radical (unpaired) electrons. The molecule has 5 rings (SSSR count). The minimum Gasteiger partial charge on any atom is -0.338 e. The molecule has 2 aliphatic heterocycles. The maximum atomic E-state index is 12.7. The van der Waals surface area contributed by atoms with Crippen molar-refractivity contribution in [2.75, 3.05) is 19.7 Å². The Bertz CT molecular complexity index is 1170. The number of carbonyl (C=O) groups excluding carboxylic acids is 1. The zero-order valence-corrected chi connectivity index (χ0v) is 19.3. The van der Waals surface area contributed by atoms with E-state index in [9.17, 15) is 4.79 Å². The molecule has 3 aromatic rings. The fourth-order valence-corrected chi connectivity index (χ4v) is 5.18. The van der Waals surface area contributed by atoms with E-state index in [-0.39, 0.29) is 11.8 Å². The van der Waals surface area contributed by atoms with Gasteiger partial charge in [-0.2, -0.15) is 10.1 Å². The van der Waals surface area contributed by atoms with Crippen molar-refractivity contribution in [3.05, 3.63) is 64.4 Å². The summed E-state index contributed by atoms with van der Waals surface area (Å²) in [7, 11) is 0. The van der Waals surface area contributed by atoms with Gasteiger partial charge in [0, 0.05) is 46.9 Å². The van der Waals surface area contributed by atoms with Gasteiger partial charge in [-0.25, -0.2) is 0 Å². The van der Waals surface area contributed by atoms with Crippen LogP contribution in [0.15, 0.2) is 52.3 Å². The van der Waals surface area contributed by atoms with E-state index in [1.165, 1.54) is 0 Å². The molecule has 1 saturated heterocycles. The lowest BCUT2D eigenvalue weighted by atomic mass is 9.97. The second-order valence-corrected chi connectivity index (χ2v) is 9.47. The fourth-order valence-electron chi connectivity index (χ4n) is 3.99. The highest BCUT2D eigenvalue weighted by molar-refractivity contribution is 7.99. The Balaban J connectivity index is 1.22. The monoisotopic (exact) mass is 483 g/mol. The number of nitrogens with zero attached hydrogens (tertiary/aromatic N) is 4. The molecule has 0 saturated carbocycles. The van der Waals surface area contributed by atoms with Crippen LogP contribution in [0.2, 0.25) is 5.02 Å². The van der Waals surface area contributed by atoms with Crippen LogP contribution < -0.4 is 4.89 Å². The molecule has 170 valence electrons. The van der Waals surface area contributed by atoms with E-state index in [1.807, 2.05) is 35.2 Å². The molecule has 1 N–H and O–H groups in total. The van der Waals surface area contributed by atoms with Gasteiger partial charge in [0.05, 0.1) is 11.6 Å². The molecule has 2 aliphatic rings. The molecular formula is C23H22ClN5O3S. The highest BCUT2D eigenvalue weighted by atomic mass is 35.5. The van der Waals surface area contributed by atoms with E-state index in [0.29, 0.717) is 24.0 Å². The average molecular weight is 484 g/mol. The Hall–Kier alpha value is -2.88. The minimum atomic E-state index is -0.0296. The Morgan fingerprint density at radius 2 is 2.21 bits per heavy atom. The van der Waals surface area contributed by atoms with Crippen molar-refractivity contribution in [1.82, 2.24) is 25.5 Å². The second-order valence-electron chi connectivity index (χ2n) is 7.94. The Labute approximate surface area is 200 Å². The number of benzene rings is 2. The zero-order valence-electron chi connectivity index (χ0n) is 17.7. The van der Waals surface area contributed by atoms with E-state index in [4.69, 9.17) is 21.4 Å². The van der Waals surface area contributed by atoms with E-state index in [0.717, 1.165) is 52.5 Å². The van der Waals surface area contributed by atoms with Crippen LogP contribution in [0, 0.1) is 0 Å². The first-order valence-electron chi connectivity index (χ1n) is 10.8. The van der Waals surface area contributed by atoms with Gasteiger partial charge in [0.25, 0.3) is 0 Å². The molecule has 0 aliphatic carbocycles. The summed E-state index contributed by atoms with van der Waals surface area (Å²) in [5.41, 5.74) is 2.00. The number of rotatable bonds is 5. The number of amides is 1. The standard InChI is InChI=1S/C23H22ClN5O3S/c24-19-12-15(3-7-21(19)33-18-5-6-20-16(13-18)9-11-31-32-20)4-8-22(30)29-10-1-2-17(14-29)23-25-27-28-26-23/h3-8,12-13,17H,1-2,9-11,14H2,(H,25,26,27,28). The van der Waals surface area contributed by atoms with Crippen LogP contribution in [-0.2, 0) is 16.1 Å². The van der Waals surface area contributed by atoms with E-state index < -0.39 is 0 Å². The van der Waals surface area contributed by atoms with Gasteiger partial charge in [-0.05, 0) is 54.8 Å². The number of fused-ring (bicyclic) bond motifs is 1. The lowest BCUT2D eigenvalue weighted by molar-refractivity contribution is -0.215. The summed E-state index contributed by atoms with van der Waals surface area (Å²) in [6.45, 7) is 1.87. The second kappa shape index (κ2) is 9.94. The summed E-state index contributed by atoms with van der Waals surface area (Å²) in [6, 6.07) is 11.8. The van der Waals surface area contributed by atoms with Gasteiger partial charge in [-0.1, -0.05) is 34.6 Å². The number of tetrazole rings is 1. The van der Waals surface area contributed by atoms with Crippen LogP contribution >= 0.6 is 23.4 Å². The third kappa shape index (κ3) is 5.21. The number of halogens is 1. The first-order valence-corrected chi connectivity index (χ1v) is 12.0. The third-order valence-corrected chi connectivity index (χ3v) is 7.19. The van der Waals surface area contributed by atoms with Crippen molar-refractivity contribution in [3.63, 3.8) is 0 Å². The summed E-state index contributed by atoms with van der Waals surface area (Å²) in [4.78, 5) is 26.8. The van der Waals surface area contributed by atoms with Crippen LogP contribution in [0.5, 0.6) is 5.75 Å². The molecule has 0 bridgehead atoms. The van der Waals surface area contributed by atoms with Gasteiger partial charge in [0.1, 0.15) is 0 Å². The lowest BCUT2D eigenvalue weighted by Crippen LogP contribution is -2.38. The third-order valence-electron chi connectivity index (χ3n) is 5.70. The predicted octanol–water partition coefficient (Wildman–Crippen LogP) is 4.29. The Morgan fingerprint density at radius 1 is 1.27 bits per heavy atom. The molecular weight excluding hydrogens is 462 g/mol. The van der Waals surface area contributed by atoms with Gasteiger partial charge >= 0.3 is 0 Å². The number of nitrogens with one attached hydrogen (secondary N) is 1. The van der Waals surface area contributed by atoms with E-state index in [2.05, 4.69) is 26.7 Å². The Morgan fingerprint density at radius 3 is 3.06 bits per heavy atom. The van der Waals surface area contributed by atoms with Gasteiger partial charge in [0.2, 0.25) is 5.91 Å². The quantitative estimate of drug-likeness (QED) is 0.427. The number of hydrogen-bond donors (Lipinski definition) is 1. The van der Waals surface area contributed by atoms with Gasteiger partial charge in [0.15, 0.2) is 11.6 Å². The lowest BCUT2D eigenvalue weighted by Gasteiger charge is -2.30. The molecule has 8 nitrogen and oxygen atoms in total. The number of H-pyrrole nitrogens is 1. The molecule has 33 heavy (non-hydrogen) atoms. The summed E-state index contributed by atoms with van der Waals surface area (Å²) in [5.74, 6) is 1.51. The molecule has 1 amide bonds. The smallest absolute Gasteiger partial charge is 0.246 e. The van der Waals surface area contributed by atoms with Gasteiger partial charge < -0.3 is 9.79 Å². The highest BCUT2D eigenvalue weighted by Crippen LogP contribution is 2.37. The van der Waals surface area contributed by atoms with Crippen molar-refractivity contribution in [1.29, 1.82) is 0 Å². The molecule has 0 spiro atoms. The van der Waals surface area contributed by atoms with Crippen LogP contribution in [0.1, 0.15) is 35.7 Å². The number of carbonyl (C=O) groups is 1. The topological polar surface area (TPSA) is 93.2 Å². The van der Waals surface area contributed by atoms with Crippen molar-refractivity contribution in [3.8, 4) is 5.75 Å². The maximum Gasteiger partial charge on any atom is 0.246 e. The normalized spacial score (nSPS) is 18.2. The fraction of sp³-hybridized carbons (Fsp3) is 0.304. The average Bonchev–Trinajstić information content (AvgIpc) is 3.39. The SMILES string of the molecule is O=C(C=Cc1ccc(Sc2ccc3c(c2)CCOO3)c(Cl)c1)N1CCCC(c2nn[nH]n2)C1. The Kier molecular flexibility index (Phi) is 6.61. The molecule has 1 aromatic heterocycles. The molecule has 10 heteroatoms. The van der Waals surface area contributed by atoms with Crippen LogP contribution in [0.25, 0.3) is 6.08 Å². The number of aromatic amines is 1. The maximum absolute atomic E-state index is 12.7. The summed E-state index contributed by atoms with van der Waals surface area (Å²) in [5, 5.41) is 14.9. The first-order chi connectivity index (χ1) is 16.2. The van der Waals surface area contributed by atoms with Crippen LogP contribution in [0.3, 0.4) is 0 Å². The van der Waals surface area contributed by atoms with Crippen molar-refractivity contribution in [2.45, 2.75) is 35.0 Å². The summed E-state index contributed by atoms with van der Waals surface area (Å²) >= 11 is 8.14. The zero-order chi connectivity index (χ0) is 22.6. The largest absolute Gasteiger partial charge is 0.338 e. The van der Waals surface area contributed by atoms with Crippen LogP contribution in [0.4, 0.5) is 0 Å². The molecule has 1 unspecified atom stereocenters. The molecule has 3 heterocycles. The van der Waals surface area contributed by atoms with Crippen molar-refractivity contribution in [2.24, 2.45) is 0 Å². The number of aromatic nitrogens is 4. The number of hydrogen-bond acceptors (Lipinski definition) is 7. The number of piperidine rings is 1. The number of likely N-dealkylation sites (tertiary alicyclic amines) is 1. The predicted molar refractivity (Wildman–Crippen MR) is 124 cm³/mol. The van der Waals surface area contributed by atoms with Gasteiger partial charge in [-0.15, -0.1) is 10.2 Å². The minimum absolute atomic E-state index is 0.0296. The summed E-state index contributed by atoms with van der Waals surface area (Å²) in [6.07, 6.45) is 6.09. The first kappa shape index (κ1) is 21.9. The van der Waals surface area contributed by atoms with E-state index >= 15 is 0 Å². The van der Waals surface area contributed by atoms with E-state index in [1.54, 1.807) is 23.9 Å². The summed E-state index contributed by atoms with van der Waals surface area (Å²) < 4.78 is 0. The van der Waals surface area contributed by atoms with Crippen LogP contribution in [-0.4, -0.2) is 51.1 Å². The molecule has 2 aromatic carbocycles. The van der Waals surface area contributed by atoms with Crippen molar-refractivity contribution >= 4 is 35.3 Å². The van der Waals surface area contributed by atoms with Crippen molar-refractivity contribution < 1.29 is 14.6 Å². The van der Waals surface area contributed by atoms with Gasteiger partial charge in [-0.3, -0.25) is 4.79 Å². The molecule has 1 fully saturated rings. The molecule has 1 atom stereocenters.